The summed E-state index contributed by atoms with van der Waals surface area (Å²) in [4.78, 5) is 17.1. The number of rotatable bonds is 7. The number of fused-ring (bicyclic) bond motifs is 1. The molecule has 0 spiro atoms. The summed E-state index contributed by atoms with van der Waals surface area (Å²) >= 11 is 1.36. The van der Waals surface area contributed by atoms with Crippen molar-refractivity contribution in [1.82, 2.24) is 14.6 Å². The van der Waals surface area contributed by atoms with Crippen molar-refractivity contribution in [3.8, 4) is 0 Å². The summed E-state index contributed by atoms with van der Waals surface area (Å²) in [6, 6.07) is 11.6. The number of aliphatic hydroxyl groups is 1. The number of anilines is 1. The van der Waals surface area contributed by atoms with Gasteiger partial charge < -0.3 is 10.4 Å². The molecule has 0 aliphatic carbocycles. The lowest BCUT2D eigenvalue weighted by atomic mass is 9.96. The molecule has 24 heavy (non-hydrogen) atoms. The molecule has 7 heteroatoms. The van der Waals surface area contributed by atoms with Crippen LogP contribution in [0.15, 0.2) is 41.2 Å². The summed E-state index contributed by atoms with van der Waals surface area (Å²) in [6.07, 6.45) is 1.39. The average molecular weight is 344 g/mol. The molecule has 0 saturated heterocycles. The number of benzene rings is 1. The quantitative estimate of drug-likeness (QED) is 0.687. The Hall–Kier alpha value is -2.25. The van der Waals surface area contributed by atoms with E-state index in [9.17, 15) is 9.90 Å². The Morgan fingerprint density at radius 3 is 2.83 bits per heavy atom. The summed E-state index contributed by atoms with van der Waals surface area (Å²) in [5.41, 5.74) is 1.79. The van der Waals surface area contributed by atoms with Crippen LogP contribution in [0.1, 0.15) is 30.5 Å². The van der Waals surface area contributed by atoms with Crippen LogP contribution in [0, 0.1) is 0 Å². The van der Waals surface area contributed by atoms with Gasteiger partial charge in [-0.05, 0) is 18.4 Å². The monoisotopic (exact) mass is 344 g/mol. The maximum Gasteiger partial charge on any atom is 0.275 e. The molecule has 2 aromatic heterocycles. The Balaban J connectivity index is 1.79. The molecular weight excluding hydrogens is 324 g/mol. The van der Waals surface area contributed by atoms with E-state index in [1.807, 2.05) is 25.1 Å². The second-order valence-corrected chi connectivity index (χ2v) is 6.50. The Morgan fingerprint density at radius 1 is 1.33 bits per heavy atom. The molecular formula is C17H20N4O2S. The van der Waals surface area contributed by atoms with Crippen LogP contribution in [0.25, 0.3) is 4.96 Å². The zero-order chi connectivity index (χ0) is 16.9. The van der Waals surface area contributed by atoms with Gasteiger partial charge in [0.15, 0.2) is 0 Å². The molecule has 1 atom stereocenters. The van der Waals surface area contributed by atoms with Crippen LogP contribution >= 0.6 is 11.3 Å². The molecule has 0 radical (unpaired) electrons. The Morgan fingerprint density at radius 2 is 2.12 bits per heavy atom. The topological polar surface area (TPSA) is 79.5 Å². The lowest BCUT2D eigenvalue weighted by molar-refractivity contribution is 0.277. The zero-order valence-electron chi connectivity index (χ0n) is 13.5. The van der Waals surface area contributed by atoms with Crippen LogP contribution in [0.3, 0.4) is 0 Å². The summed E-state index contributed by atoms with van der Waals surface area (Å²) < 4.78 is 1.33. The summed E-state index contributed by atoms with van der Waals surface area (Å²) in [5.74, 6) is 0.180. The zero-order valence-corrected chi connectivity index (χ0v) is 14.3. The predicted octanol–water partition coefficient (Wildman–Crippen LogP) is 2.29. The number of aliphatic hydroxyl groups excluding tert-OH is 1. The van der Waals surface area contributed by atoms with Crippen LogP contribution in [0.4, 0.5) is 5.13 Å². The second-order valence-electron chi connectivity index (χ2n) is 5.54. The van der Waals surface area contributed by atoms with E-state index in [1.165, 1.54) is 27.5 Å². The SMILES string of the molecule is CCc1cc(=O)n2nc(NCC(CCO)c3ccccc3)sc2n1. The molecule has 126 valence electrons. The van der Waals surface area contributed by atoms with Crippen molar-refractivity contribution in [2.24, 2.45) is 0 Å². The van der Waals surface area contributed by atoms with Gasteiger partial charge in [0.1, 0.15) is 0 Å². The number of hydrogen-bond donors (Lipinski definition) is 2. The maximum absolute atomic E-state index is 12.0. The number of aromatic nitrogens is 3. The Labute approximate surface area is 143 Å². The molecule has 0 aliphatic rings. The highest BCUT2D eigenvalue weighted by Crippen LogP contribution is 2.22. The molecule has 2 N–H and O–H groups in total. The molecule has 6 nitrogen and oxygen atoms in total. The molecule has 3 rings (SSSR count). The van der Waals surface area contributed by atoms with Crippen molar-refractivity contribution >= 4 is 21.4 Å². The first kappa shape index (κ1) is 16.6. The van der Waals surface area contributed by atoms with Gasteiger partial charge in [-0.25, -0.2) is 4.98 Å². The van der Waals surface area contributed by atoms with Gasteiger partial charge in [-0.1, -0.05) is 48.6 Å². The van der Waals surface area contributed by atoms with E-state index in [1.54, 1.807) is 0 Å². The Kier molecular flexibility index (Phi) is 5.22. The number of nitrogens with one attached hydrogen (secondary N) is 1. The number of nitrogens with zero attached hydrogens (tertiary/aromatic N) is 3. The summed E-state index contributed by atoms with van der Waals surface area (Å²) in [7, 11) is 0. The highest BCUT2D eigenvalue weighted by Gasteiger charge is 2.13. The van der Waals surface area contributed by atoms with E-state index in [4.69, 9.17) is 0 Å². The van der Waals surface area contributed by atoms with Crippen LogP contribution in [-0.4, -0.2) is 32.9 Å². The standard InChI is InChI=1S/C17H20N4O2S/c1-2-14-10-15(23)21-17(19-14)24-16(20-21)18-11-13(8-9-22)12-6-4-3-5-7-12/h3-7,10,13,22H,2,8-9,11H2,1H3,(H,18,20). The van der Waals surface area contributed by atoms with Crippen molar-refractivity contribution in [3.63, 3.8) is 0 Å². The highest BCUT2D eigenvalue weighted by molar-refractivity contribution is 7.20. The minimum Gasteiger partial charge on any atom is -0.396 e. The van der Waals surface area contributed by atoms with Crippen LogP contribution in [-0.2, 0) is 6.42 Å². The molecule has 1 unspecified atom stereocenters. The van der Waals surface area contributed by atoms with Crippen molar-refractivity contribution in [3.05, 3.63) is 58.0 Å². The van der Waals surface area contributed by atoms with Gasteiger partial charge in [-0.15, -0.1) is 5.10 Å². The highest BCUT2D eigenvalue weighted by atomic mass is 32.1. The van der Waals surface area contributed by atoms with E-state index in [0.29, 0.717) is 23.1 Å². The van der Waals surface area contributed by atoms with Crippen molar-refractivity contribution in [2.75, 3.05) is 18.5 Å². The molecule has 2 heterocycles. The number of aryl methyl sites for hydroxylation is 1. The number of hydrogen-bond acceptors (Lipinski definition) is 6. The third-order valence-corrected chi connectivity index (χ3v) is 4.77. The van der Waals surface area contributed by atoms with Crippen molar-refractivity contribution in [1.29, 1.82) is 0 Å². The molecule has 0 fully saturated rings. The first-order valence-electron chi connectivity index (χ1n) is 8.00. The predicted molar refractivity (Wildman–Crippen MR) is 95.9 cm³/mol. The second kappa shape index (κ2) is 7.55. The Bertz CT molecular complexity index is 860. The molecule has 0 aliphatic heterocycles. The molecule has 3 aromatic rings. The van der Waals surface area contributed by atoms with Crippen LogP contribution < -0.4 is 10.9 Å². The summed E-state index contributed by atoms with van der Waals surface area (Å²) in [6.45, 7) is 2.74. The first-order chi connectivity index (χ1) is 11.7. The third kappa shape index (κ3) is 3.63. The van der Waals surface area contributed by atoms with Crippen molar-refractivity contribution < 1.29 is 5.11 Å². The van der Waals surface area contributed by atoms with E-state index in [0.717, 1.165) is 12.1 Å². The molecule has 0 saturated carbocycles. The normalized spacial score (nSPS) is 12.4. The average Bonchev–Trinajstić information content (AvgIpc) is 3.03. The fraction of sp³-hybridized carbons (Fsp3) is 0.353. The van der Waals surface area contributed by atoms with Gasteiger partial charge in [0, 0.05) is 30.8 Å². The van der Waals surface area contributed by atoms with E-state index < -0.39 is 0 Å². The van der Waals surface area contributed by atoms with Crippen LogP contribution in [0.2, 0.25) is 0 Å². The largest absolute Gasteiger partial charge is 0.396 e. The molecule has 1 aromatic carbocycles. The van der Waals surface area contributed by atoms with Gasteiger partial charge in [-0.3, -0.25) is 4.79 Å². The maximum atomic E-state index is 12.0. The summed E-state index contributed by atoms with van der Waals surface area (Å²) in [5, 5.41) is 17.5. The van der Waals surface area contributed by atoms with Gasteiger partial charge in [0.25, 0.3) is 5.56 Å². The van der Waals surface area contributed by atoms with E-state index in [-0.39, 0.29) is 18.1 Å². The fourth-order valence-corrected chi connectivity index (χ4v) is 3.42. The first-order valence-corrected chi connectivity index (χ1v) is 8.82. The lowest BCUT2D eigenvalue weighted by Gasteiger charge is -2.16. The smallest absolute Gasteiger partial charge is 0.275 e. The van der Waals surface area contributed by atoms with Gasteiger partial charge >= 0.3 is 0 Å². The minimum atomic E-state index is -0.156. The van der Waals surface area contributed by atoms with Gasteiger partial charge in [-0.2, -0.15) is 4.52 Å². The van der Waals surface area contributed by atoms with Gasteiger partial charge in [0.2, 0.25) is 10.1 Å². The third-order valence-electron chi connectivity index (χ3n) is 3.91. The van der Waals surface area contributed by atoms with Crippen molar-refractivity contribution in [2.45, 2.75) is 25.7 Å². The molecule has 0 bridgehead atoms. The van der Waals surface area contributed by atoms with E-state index in [2.05, 4.69) is 27.5 Å². The van der Waals surface area contributed by atoms with Gasteiger partial charge in [0.05, 0.1) is 0 Å². The minimum absolute atomic E-state index is 0.127. The van der Waals surface area contributed by atoms with E-state index >= 15 is 0 Å². The molecule has 0 amide bonds. The fourth-order valence-electron chi connectivity index (χ4n) is 2.59. The lowest BCUT2D eigenvalue weighted by Crippen LogP contribution is -2.16. The van der Waals surface area contributed by atoms with Crippen LogP contribution in [0.5, 0.6) is 0 Å².